The average Bonchev–Trinajstić information content (AvgIpc) is 3.37. The molecule has 10 heteroatoms. The number of amides is 1. The van der Waals surface area contributed by atoms with Gasteiger partial charge in [0.05, 0.1) is 5.69 Å². The third-order valence-electron chi connectivity index (χ3n) is 5.02. The van der Waals surface area contributed by atoms with Gasteiger partial charge in [0.15, 0.2) is 11.6 Å². The van der Waals surface area contributed by atoms with E-state index in [0.29, 0.717) is 31.7 Å². The lowest BCUT2D eigenvalue weighted by molar-refractivity contribution is -0.131. The number of aryl methyl sites for hydroxylation is 2. The Morgan fingerprint density at radius 2 is 1.86 bits per heavy atom. The summed E-state index contributed by atoms with van der Waals surface area (Å²) in [7, 11) is 0. The maximum absolute atomic E-state index is 12.5. The van der Waals surface area contributed by atoms with E-state index in [4.69, 9.17) is 4.52 Å². The van der Waals surface area contributed by atoms with Gasteiger partial charge in [0, 0.05) is 38.2 Å². The van der Waals surface area contributed by atoms with Crippen molar-refractivity contribution in [2.24, 2.45) is 0 Å². The molecule has 1 aliphatic rings. The second-order valence-electron chi connectivity index (χ2n) is 6.76. The van der Waals surface area contributed by atoms with E-state index in [1.807, 2.05) is 30.9 Å². The zero-order valence-corrected chi connectivity index (χ0v) is 15.9. The molecule has 0 aliphatic carbocycles. The van der Waals surface area contributed by atoms with E-state index in [2.05, 4.69) is 30.3 Å². The van der Waals surface area contributed by atoms with Gasteiger partial charge in [0.1, 0.15) is 18.4 Å². The Kier molecular flexibility index (Phi) is 5.00. The summed E-state index contributed by atoms with van der Waals surface area (Å²) in [6.07, 6.45) is 4.17. The van der Waals surface area contributed by atoms with Crippen molar-refractivity contribution in [3.63, 3.8) is 0 Å². The second kappa shape index (κ2) is 7.75. The molecule has 1 fully saturated rings. The van der Waals surface area contributed by atoms with Gasteiger partial charge in [0.2, 0.25) is 5.91 Å². The van der Waals surface area contributed by atoms with E-state index in [1.165, 1.54) is 6.33 Å². The number of hydrogen-bond acceptors (Lipinski definition) is 8. The van der Waals surface area contributed by atoms with Crippen molar-refractivity contribution in [2.75, 3.05) is 31.1 Å². The minimum Gasteiger partial charge on any atom is -0.361 e. The predicted molar refractivity (Wildman–Crippen MR) is 100 cm³/mol. The van der Waals surface area contributed by atoms with Gasteiger partial charge in [0.25, 0.3) is 0 Å². The molecule has 3 aromatic heterocycles. The number of carbonyl (C=O) groups is 1. The number of aromatic nitrogens is 6. The number of piperazine rings is 1. The minimum absolute atomic E-state index is 0.160. The van der Waals surface area contributed by atoms with Crippen molar-refractivity contribution in [3.8, 4) is 5.82 Å². The molecule has 10 nitrogen and oxygen atoms in total. The summed E-state index contributed by atoms with van der Waals surface area (Å²) in [6, 6.07) is 3.77. The molecule has 0 saturated carbocycles. The van der Waals surface area contributed by atoms with E-state index in [9.17, 15) is 4.79 Å². The Morgan fingerprint density at radius 1 is 1.11 bits per heavy atom. The van der Waals surface area contributed by atoms with Gasteiger partial charge in [-0.1, -0.05) is 5.16 Å². The Labute approximate surface area is 162 Å². The maximum atomic E-state index is 12.5. The van der Waals surface area contributed by atoms with Crippen LogP contribution in [-0.2, 0) is 11.2 Å². The molecule has 1 saturated heterocycles. The molecule has 0 N–H and O–H groups in total. The van der Waals surface area contributed by atoms with Crippen molar-refractivity contribution >= 4 is 11.7 Å². The molecular formula is C18H22N8O2. The maximum Gasteiger partial charge on any atom is 0.223 e. The van der Waals surface area contributed by atoms with E-state index >= 15 is 0 Å². The summed E-state index contributed by atoms with van der Waals surface area (Å²) in [4.78, 5) is 20.5. The van der Waals surface area contributed by atoms with Crippen molar-refractivity contribution in [2.45, 2.75) is 26.7 Å². The van der Waals surface area contributed by atoms with Crippen LogP contribution in [0.2, 0.25) is 0 Å². The van der Waals surface area contributed by atoms with Crippen LogP contribution >= 0.6 is 0 Å². The number of rotatable bonds is 5. The van der Waals surface area contributed by atoms with Crippen LogP contribution in [0.1, 0.15) is 23.4 Å². The zero-order chi connectivity index (χ0) is 19.5. The summed E-state index contributed by atoms with van der Waals surface area (Å²) in [6.45, 7) is 6.60. The van der Waals surface area contributed by atoms with Gasteiger partial charge >= 0.3 is 0 Å². The van der Waals surface area contributed by atoms with Crippen molar-refractivity contribution in [3.05, 3.63) is 41.8 Å². The first-order valence-corrected chi connectivity index (χ1v) is 9.25. The van der Waals surface area contributed by atoms with Crippen LogP contribution < -0.4 is 4.90 Å². The summed E-state index contributed by atoms with van der Waals surface area (Å²) in [5.74, 6) is 2.37. The van der Waals surface area contributed by atoms with E-state index in [0.717, 1.165) is 35.9 Å². The van der Waals surface area contributed by atoms with Gasteiger partial charge in [-0.25, -0.2) is 9.67 Å². The van der Waals surface area contributed by atoms with E-state index < -0.39 is 0 Å². The molecule has 1 amide bonds. The van der Waals surface area contributed by atoms with Crippen LogP contribution in [0.25, 0.3) is 5.82 Å². The molecule has 0 spiro atoms. The smallest absolute Gasteiger partial charge is 0.223 e. The molecule has 0 aromatic carbocycles. The Balaban J connectivity index is 1.30. The second-order valence-corrected chi connectivity index (χ2v) is 6.76. The molecule has 0 radical (unpaired) electrons. The standard InChI is InChI=1S/C18H22N8O2/c1-13-15(14(2)28-23-13)3-6-18(27)25-9-7-24(8-10-25)16-4-5-17(22-21-16)26-12-19-11-20-26/h4-5,11-12H,3,6-10H2,1-2H3. The van der Waals surface area contributed by atoms with Crippen LogP contribution in [0.3, 0.4) is 0 Å². The van der Waals surface area contributed by atoms with Crippen molar-refractivity contribution in [1.29, 1.82) is 0 Å². The fourth-order valence-electron chi connectivity index (χ4n) is 3.37. The first kappa shape index (κ1) is 18.1. The molecule has 146 valence electrons. The van der Waals surface area contributed by atoms with Crippen LogP contribution in [0, 0.1) is 13.8 Å². The van der Waals surface area contributed by atoms with Gasteiger partial charge < -0.3 is 14.3 Å². The lowest BCUT2D eigenvalue weighted by Gasteiger charge is -2.35. The normalized spacial score (nSPS) is 14.5. The summed E-state index contributed by atoms with van der Waals surface area (Å²) < 4.78 is 6.73. The molecule has 28 heavy (non-hydrogen) atoms. The van der Waals surface area contributed by atoms with E-state index in [1.54, 1.807) is 11.0 Å². The first-order chi connectivity index (χ1) is 13.6. The molecule has 3 aromatic rings. The van der Waals surface area contributed by atoms with Crippen LogP contribution in [0.5, 0.6) is 0 Å². The number of hydrogen-bond donors (Lipinski definition) is 0. The monoisotopic (exact) mass is 382 g/mol. The summed E-state index contributed by atoms with van der Waals surface area (Å²) >= 11 is 0. The highest BCUT2D eigenvalue weighted by atomic mass is 16.5. The van der Waals surface area contributed by atoms with E-state index in [-0.39, 0.29) is 5.91 Å². The Hall–Kier alpha value is -3.30. The third kappa shape index (κ3) is 3.71. The lowest BCUT2D eigenvalue weighted by atomic mass is 10.1. The fraction of sp³-hybridized carbons (Fsp3) is 0.444. The van der Waals surface area contributed by atoms with Gasteiger partial charge in [-0.3, -0.25) is 4.79 Å². The number of carbonyl (C=O) groups excluding carboxylic acids is 1. The molecule has 4 heterocycles. The fourth-order valence-corrected chi connectivity index (χ4v) is 3.37. The Bertz CT molecular complexity index is 908. The SMILES string of the molecule is Cc1noc(C)c1CCC(=O)N1CCN(c2ccc(-n3cncn3)nn2)CC1. The van der Waals surface area contributed by atoms with Crippen molar-refractivity contribution < 1.29 is 9.32 Å². The number of nitrogens with zero attached hydrogens (tertiary/aromatic N) is 8. The molecule has 0 bridgehead atoms. The van der Waals surface area contributed by atoms with Crippen molar-refractivity contribution in [1.82, 2.24) is 35.0 Å². The minimum atomic E-state index is 0.160. The molecule has 1 aliphatic heterocycles. The predicted octanol–water partition coefficient (Wildman–Crippen LogP) is 0.944. The van der Waals surface area contributed by atoms with Crippen LogP contribution in [-0.4, -0.2) is 67.1 Å². The molecule has 0 unspecified atom stereocenters. The number of anilines is 1. The highest BCUT2D eigenvalue weighted by molar-refractivity contribution is 5.76. The lowest BCUT2D eigenvalue weighted by Crippen LogP contribution is -2.49. The van der Waals surface area contributed by atoms with Crippen LogP contribution in [0.15, 0.2) is 29.3 Å². The summed E-state index contributed by atoms with van der Waals surface area (Å²) in [5.41, 5.74) is 1.90. The topological polar surface area (TPSA) is 106 Å². The highest BCUT2D eigenvalue weighted by Gasteiger charge is 2.22. The largest absolute Gasteiger partial charge is 0.361 e. The molecule has 4 rings (SSSR count). The van der Waals surface area contributed by atoms with Gasteiger partial charge in [-0.2, -0.15) is 5.10 Å². The zero-order valence-electron chi connectivity index (χ0n) is 15.9. The average molecular weight is 382 g/mol. The van der Waals surface area contributed by atoms with Crippen LogP contribution in [0.4, 0.5) is 5.82 Å². The molecule has 0 atom stereocenters. The summed E-state index contributed by atoms with van der Waals surface area (Å²) in [5, 5.41) is 16.5. The third-order valence-corrected chi connectivity index (χ3v) is 5.02. The highest BCUT2D eigenvalue weighted by Crippen LogP contribution is 2.17. The van der Waals surface area contributed by atoms with Gasteiger partial charge in [-0.05, 0) is 32.4 Å². The Morgan fingerprint density at radius 3 is 2.46 bits per heavy atom. The quantitative estimate of drug-likeness (QED) is 0.642. The molecular weight excluding hydrogens is 360 g/mol. The first-order valence-electron chi connectivity index (χ1n) is 9.25. The van der Waals surface area contributed by atoms with Gasteiger partial charge in [-0.15, -0.1) is 10.2 Å².